The van der Waals surface area contributed by atoms with Crippen LogP contribution >= 0.6 is 11.8 Å². The van der Waals surface area contributed by atoms with E-state index >= 15 is 0 Å². The monoisotopic (exact) mass is 323 g/mol. The lowest BCUT2D eigenvalue weighted by Crippen LogP contribution is -2.53. The van der Waals surface area contributed by atoms with Crippen molar-refractivity contribution in [2.24, 2.45) is 7.05 Å². The van der Waals surface area contributed by atoms with Crippen molar-refractivity contribution >= 4 is 17.8 Å². The second-order valence-corrected chi connectivity index (χ2v) is 7.57. The van der Waals surface area contributed by atoms with Crippen LogP contribution in [0.5, 0.6) is 0 Å². The molecule has 0 bridgehead atoms. The fourth-order valence-electron chi connectivity index (χ4n) is 3.15. The molecule has 2 amide bonds. The molecule has 1 aromatic heterocycles. The second-order valence-electron chi connectivity index (χ2n) is 6.16. The molecule has 2 atom stereocenters. The predicted molar refractivity (Wildman–Crippen MR) is 89.0 cm³/mol. The van der Waals surface area contributed by atoms with Crippen LogP contribution in [-0.2, 0) is 7.05 Å². The summed E-state index contributed by atoms with van der Waals surface area (Å²) in [6, 6.07) is 0.236. The summed E-state index contributed by atoms with van der Waals surface area (Å²) in [6.07, 6.45) is 6.28. The van der Waals surface area contributed by atoms with E-state index in [9.17, 15) is 4.79 Å². The third-order valence-corrected chi connectivity index (χ3v) is 5.99. The summed E-state index contributed by atoms with van der Waals surface area (Å²) in [5.41, 5.74) is 0. The summed E-state index contributed by atoms with van der Waals surface area (Å²) in [5.74, 6) is 2.25. The van der Waals surface area contributed by atoms with Gasteiger partial charge in [-0.2, -0.15) is 11.8 Å². The second kappa shape index (κ2) is 6.91. The molecule has 22 heavy (non-hydrogen) atoms. The Morgan fingerprint density at radius 2 is 2.32 bits per heavy atom. The molecule has 122 valence electrons. The van der Waals surface area contributed by atoms with Crippen molar-refractivity contribution in [3.8, 4) is 0 Å². The fourth-order valence-corrected chi connectivity index (χ4v) is 4.35. The SMILES string of the molecule is CN1CCN(C(=O)NCC2CCCS2)CC1c1nccn1C. The summed E-state index contributed by atoms with van der Waals surface area (Å²) >= 11 is 1.98. The summed E-state index contributed by atoms with van der Waals surface area (Å²) in [5, 5.41) is 3.71. The van der Waals surface area contributed by atoms with Crippen molar-refractivity contribution in [1.29, 1.82) is 0 Å². The molecular formula is C15H25N5OS. The quantitative estimate of drug-likeness (QED) is 0.911. The average molecular weight is 323 g/mol. The highest BCUT2D eigenvalue weighted by atomic mass is 32.2. The summed E-state index contributed by atoms with van der Waals surface area (Å²) in [6.45, 7) is 3.15. The molecule has 0 radical (unpaired) electrons. The number of imidazole rings is 1. The number of piperazine rings is 1. The average Bonchev–Trinajstić information content (AvgIpc) is 3.17. The molecule has 6 nitrogen and oxygen atoms in total. The number of aryl methyl sites for hydroxylation is 1. The number of urea groups is 1. The molecule has 3 heterocycles. The Labute approximate surface area is 136 Å². The number of carbonyl (C=O) groups excluding carboxylic acids is 1. The highest BCUT2D eigenvalue weighted by Gasteiger charge is 2.31. The summed E-state index contributed by atoms with van der Waals surface area (Å²) in [7, 11) is 4.11. The van der Waals surface area contributed by atoms with Gasteiger partial charge in [0.2, 0.25) is 0 Å². The number of hydrogen-bond donors (Lipinski definition) is 1. The molecular weight excluding hydrogens is 298 g/mol. The lowest BCUT2D eigenvalue weighted by atomic mass is 10.1. The van der Waals surface area contributed by atoms with Gasteiger partial charge in [0.15, 0.2) is 0 Å². The van der Waals surface area contributed by atoms with Crippen LogP contribution in [0.15, 0.2) is 12.4 Å². The molecule has 7 heteroatoms. The topological polar surface area (TPSA) is 53.4 Å². The molecule has 0 saturated carbocycles. The number of hydrogen-bond acceptors (Lipinski definition) is 4. The number of thioether (sulfide) groups is 1. The van der Waals surface area contributed by atoms with Crippen LogP contribution in [0.1, 0.15) is 24.7 Å². The third-order valence-electron chi connectivity index (χ3n) is 4.60. The maximum atomic E-state index is 12.4. The molecule has 2 saturated heterocycles. The van der Waals surface area contributed by atoms with Crippen LogP contribution in [0.4, 0.5) is 4.79 Å². The molecule has 0 spiro atoms. The number of aromatic nitrogens is 2. The Morgan fingerprint density at radius 1 is 1.45 bits per heavy atom. The van der Waals surface area contributed by atoms with E-state index in [1.54, 1.807) is 0 Å². The Hall–Kier alpha value is -1.21. The maximum Gasteiger partial charge on any atom is 0.317 e. The standard InChI is InChI=1S/C15H25N5OS/c1-18-7-8-20(11-13(18)14-16-5-6-19(14)2)15(21)17-10-12-4-3-9-22-12/h5-6,12-13H,3-4,7-11H2,1-2H3,(H,17,21). The van der Waals surface area contributed by atoms with E-state index in [2.05, 4.69) is 22.2 Å². The molecule has 2 fully saturated rings. The minimum atomic E-state index is 0.0693. The molecule has 0 aliphatic carbocycles. The van der Waals surface area contributed by atoms with Gasteiger partial charge in [-0.05, 0) is 25.6 Å². The van der Waals surface area contributed by atoms with Gasteiger partial charge in [0, 0.05) is 50.9 Å². The van der Waals surface area contributed by atoms with Gasteiger partial charge in [-0.3, -0.25) is 4.90 Å². The smallest absolute Gasteiger partial charge is 0.317 e. The van der Waals surface area contributed by atoms with Crippen LogP contribution in [0, 0.1) is 0 Å². The number of rotatable bonds is 3. The Kier molecular flexibility index (Phi) is 4.93. The summed E-state index contributed by atoms with van der Waals surface area (Å²) < 4.78 is 2.04. The zero-order valence-corrected chi connectivity index (χ0v) is 14.2. The number of amides is 2. The van der Waals surface area contributed by atoms with Crippen molar-refractivity contribution in [1.82, 2.24) is 24.7 Å². The van der Waals surface area contributed by atoms with Crippen LogP contribution in [0.2, 0.25) is 0 Å². The first-order chi connectivity index (χ1) is 10.6. The molecule has 2 unspecified atom stereocenters. The van der Waals surface area contributed by atoms with Gasteiger partial charge in [-0.25, -0.2) is 9.78 Å². The van der Waals surface area contributed by atoms with E-state index in [0.29, 0.717) is 11.8 Å². The third kappa shape index (κ3) is 3.41. The summed E-state index contributed by atoms with van der Waals surface area (Å²) in [4.78, 5) is 21.1. The largest absolute Gasteiger partial charge is 0.337 e. The molecule has 0 aromatic carbocycles. The van der Waals surface area contributed by atoms with Crippen molar-refractivity contribution in [2.75, 3.05) is 39.0 Å². The highest BCUT2D eigenvalue weighted by Crippen LogP contribution is 2.25. The van der Waals surface area contributed by atoms with Gasteiger partial charge in [0.1, 0.15) is 5.82 Å². The molecule has 2 aliphatic heterocycles. The van der Waals surface area contributed by atoms with Crippen molar-refractivity contribution in [2.45, 2.75) is 24.1 Å². The van der Waals surface area contributed by atoms with Gasteiger partial charge >= 0.3 is 6.03 Å². The van der Waals surface area contributed by atoms with E-state index in [4.69, 9.17) is 0 Å². The number of nitrogens with one attached hydrogen (secondary N) is 1. The maximum absolute atomic E-state index is 12.4. The number of carbonyl (C=O) groups is 1. The van der Waals surface area contributed by atoms with E-state index in [1.807, 2.05) is 40.7 Å². The van der Waals surface area contributed by atoms with Crippen molar-refractivity contribution < 1.29 is 4.79 Å². The van der Waals surface area contributed by atoms with Crippen LogP contribution in [-0.4, -0.2) is 69.6 Å². The minimum absolute atomic E-state index is 0.0693. The van der Waals surface area contributed by atoms with Gasteiger partial charge in [-0.1, -0.05) is 0 Å². The van der Waals surface area contributed by atoms with Gasteiger partial charge in [-0.15, -0.1) is 0 Å². The van der Waals surface area contributed by atoms with Crippen LogP contribution < -0.4 is 5.32 Å². The van der Waals surface area contributed by atoms with Crippen LogP contribution in [0.3, 0.4) is 0 Å². The zero-order chi connectivity index (χ0) is 15.5. The van der Waals surface area contributed by atoms with Gasteiger partial charge in [0.25, 0.3) is 0 Å². The zero-order valence-electron chi connectivity index (χ0n) is 13.4. The normalized spacial score (nSPS) is 26.4. The van der Waals surface area contributed by atoms with E-state index in [1.165, 1.54) is 18.6 Å². The molecule has 2 aliphatic rings. The number of likely N-dealkylation sites (N-methyl/N-ethyl adjacent to an activating group) is 1. The first kappa shape index (κ1) is 15.7. The minimum Gasteiger partial charge on any atom is -0.337 e. The van der Waals surface area contributed by atoms with Gasteiger partial charge < -0.3 is 14.8 Å². The molecule has 1 N–H and O–H groups in total. The fraction of sp³-hybridized carbons (Fsp3) is 0.733. The molecule has 3 rings (SSSR count). The number of nitrogens with zero attached hydrogens (tertiary/aromatic N) is 4. The molecule has 1 aromatic rings. The van der Waals surface area contributed by atoms with Crippen molar-refractivity contribution in [3.63, 3.8) is 0 Å². The van der Waals surface area contributed by atoms with Gasteiger partial charge in [0.05, 0.1) is 6.04 Å². The first-order valence-electron chi connectivity index (χ1n) is 7.97. The van der Waals surface area contributed by atoms with Crippen LogP contribution in [0.25, 0.3) is 0 Å². The van der Waals surface area contributed by atoms with E-state index in [-0.39, 0.29) is 12.1 Å². The Balaban J connectivity index is 1.57. The predicted octanol–water partition coefficient (Wildman–Crippen LogP) is 1.31. The highest BCUT2D eigenvalue weighted by molar-refractivity contribution is 8.00. The van der Waals surface area contributed by atoms with E-state index in [0.717, 1.165) is 25.5 Å². The lowest BCUT2D eigenvalue weighted by molar-refractivity contribution is 0.104. The van der Waals surface area contributed by atoms with Crippen molar-refractivity contribution in [3.05, 3.63) is 18.2 Å². The Morgan fingerprint density at radius 3 is 3.00 bits per heavy atom. The van der Waals surface area contributed by atoms with E-state index < -0.39 is 0 Å². The Bertz CT molecular complexity index is 514. The first-order valence-corrected chi connectivity index (χ1v) is 9.02. The lowest BCUT2D eigenvalue weighted by Gasteiger charge is -2.39.